The Kier molecular flexibility index (Phi) is 7.70. The van der Waals surface area contributed by atoms with Gasteiger partial charge in [-0.15, -0.1) is 0 Å². The molecule has 1 unspecified atom stereocenters. The number of pyridine rings is 1. The minimum absolute atomic E-state index is 0.740. The fourth-order valence-electron chi connectivity index (χ4n) is 2.41. The first kappa shape index (κ1) is 14.2. The van der Waals surface area contributed by atoms with Crippen LogP contribution in [0.5, 0.6) is 0 Å². The topological polar surface area (TPSA) is 12.9 Å². The Hall–Kier alpha value is -0.850. The number of hydrogen-bond acceptors (Lipinski definition) is 1. The molecule has 0 amide bonds. The van der Waals surface area contributed by atoms with E-state index < -0.39 is 0 Å². The van der Waals surface area contributed by atoms with Crippen molar-refractivity contribution >= 4 is 0 Å². The van der Waals surface area contributed by atoms with Crippen LogP contribution in [0.4, 0.5) is 0 Å². The van der Waals surface area contributed by atoms with Crippen LogP contribution in [0.3, 0.4) is 0 Å². The van der Waals surface area contributed by atoms with Gasteiger partial charge < -0.3 is 0 Å². The van der Waals surface area contributed by atoms with Gasteiger partial charge >= 0.3 is 0 Å². The molecule has 0 bridgehead atoms. The molecule has 0 aliphatic rings. The van der Waals surface area contributed by atoms with Gasteiger partial charge in [0.1, 0.15) is 0 Å². The lowest BCUT2D eigenvalue weighted by Crippen LogP contribution is -1.97. The smallest absolute Gasteiger partial charge is 0.0270 e. The second kappa shape index (κ2) is 9.21. The zero-order valence-electron chi connectivity index (χ0n) is 11.5. The molecule has 0 N–H and O–H groups in total. The molecule has 1 aromatic rings. The molecule has 0 spiro atoms. The number of unbranched alkanes of at least 4 members (excludes halogenated alkanes) is 5. The van der Waals surface area contributed by atoms with Crippen LogP contribution in [0.25, 0.3) is 0 Å². The second-order valence-corrected chi connectivity index (χ2v) is 4.94. The molecule has 1 atom stereocenters. The zero-order chi connectivity index (χ0) is 12.3. The summed E-state index contributed by atoms with van der Waals surface area (Å²) >= 11 is 0. The van der Waals surface area contributed by atoms with Gasteiger partial charge in [0.2, 0.25) is 0 Å². The standard InChI is InChI=1S/C16H27N/c1-3-5-6-7-8-9-10-15(4-2)16-11-13-17-14-12-16/h11-15H,3-10H2,1-2H3. The number of nitrogens with zero attached hydrogens (tertiary/aromatic N) is 1. The zero-order valence-corrected chi connectivity index (χ0v) is 11.5. The average molecular weight is 233 g/mol. The van der Waals surface area contributed by atoms with Crippen LogP contribution >= 0.6 is 0 Å². The summed E-state index contributed by atoms with van der Waals surface area (Å²) in [5.74, 6) is 0.740. The highest BCUT2D eigenvalue weighted by Crippen LogP contribution is 2.25. The molecule has 0 aliphatic heterocycles. The minimum Gasteiger partial charge on any atom is -0.265 e. The Morgan fingerprint density at radius 1 is 0.941 bits per heavy atom. The highest BCUT2D eigenvalue weighted by Gasteiger charge is 2.08. The van der Waals surface area contributed by atoms with E-state index >= 15 is 0 Å². The third-order valence-electron chi connectivity index (χ3n) is 3.58. The first-order chi connectivity index (χ1) is 8.38. The van der Waals surface area contributed by atoms with Gasteiger partial charge in [-0.1, -0.05) is 52.4 Å². The van der Waals surface area contributed by atoms with Crippen molar-refractivity contribution in [1.29, 1.82) is 0 Å². The van der Waals surface area contributed by atoms with Crippen molar-refractivity contribution in [1.82, 2.24) is 4.98 Å². The van der Waals surface area contributed by atoms with Gasteiger partial charge in [-0.3, -0.25) is 4.98 Å². The highest BCUT2D eigenvalue weighted by atomic mass is 14.6. The number of rotatable bonds is 9. The normalized spacial score (nSPS) is 12.6. The van der Waals surface area contributed by atoms with Crippen molar-refractivity contribution in [3.05, 3.63) is 30.1 Å². The average Bonchev–Trinajstić information content (AvgIpc) is 2.39. The maximum Gasteiger partial charge on any atom is 0.0270 e. The summed E-state index contributed by atoms with van der Waals surface area (Å²) in [6.45, 7) is 4.57. The van der Waals surface area contributed by atoms with E-state index in [0.717, 1.165) is 5.92 Å². The van der Waals surface area contributed by atoms with Gasteiger partial charge in [-0.2, -0.15) is 0 Å². The minimum atomic E-state index is 0.740. The molecule has 0 saturated carbocycles. The lowest BCUT2D eigenvalue weighted by Gasteiger charge is -2.14. The summed E-state index contributed by atoms with van der Waals surface area (Å²) in [5, 5.41) is 0. The summed E-state index contributed by atoms with van der Waals surface area (Å²) < 4.78 is 0. The van der Waals surface area contributed by atoms with Crippen LogP contribution in [0.2, 0.25) is 0 Å². The first-order valence-corrected chi connectivity index (χ1v) is 7.28. The Morgan fingerprint density at radius 3 is 2.24 bits per heavy atom. The van der Waals surface area contributed by atoms with Crippen molar-refractivity contribution in [2.45, 2.75) is 71.1 Å². The summed E-state index contributed by atoms with van der Waals surface area (Å²) in [6.07, 6.45) is 14.8. The quantitative estimate of drug-likeness (QED) is 0.526. The van der Waals surface area contributed by atoms with Crippen LogP contribution in [0.1, 0.15) is 76.7 Å². The Morgan fingerprint density at radius 2 is 1.59 bits per heavy atom. The molecule has 0 aromatic carbocycles. The van der Waals surface area contributed by atoms with E-state index in [0.29, 0.717) is 0 Å². The molecule has 1 aromatic heterocycles. The lowest BCUT2D eigenvalue weighted by atomic mass is 9.91. The van der Waals surface area contributed by atoms with Gasteiger partial charge in [0.15, 0.2) is 0 Å². The van der Waals surface area contributed by atoms with E-state index in [1.807, 2.05) is 12.4 Å². The molecule has 1 heteroatoms. The van der Waals surface area contributed by atoms with Crippen LogP contribution in [0, 0.1) is 0 Å². The molecule has 1 rings (SSSR count). The highest BCUT2D eigenvalue weighted by molar-refractivity contribution is 5.15. The Balaban J connectivity index is 2.20. The van der Waals surface area contributed by atoms with Crippen molar-refractivity contribution < 1.29 is 0 Å². The molecular weight excluding hydrogens is 206 g/mol. The molecule has 0 fully saturated rings. The molecular formula is C16H27N. The maximum absolute atomic E-state index is 4.09. The van der Waals surface area contributed by atoms with Gasteiger partial charge in [0.25, 0.3) is 0 Å². The van der Waals surface area contributed by atoms with Gasteiger partial charge in [0, 0.05) is 12.4 Å². The van der Waals surface area contributed by atoms with E-state index in [9.17, 15) is 0 Å². The van der Waals surface area contributed by atoms with Crippen molar-refractivity contribution in [3.63, 3.8) is 0 Å². The fraction of sp³-hybridized carbons (Fsp3) is 0.688. The summed E-state index contributed by atoms with van der Waals surface area (Å²) in [6, 6.07) is 4.34. The van der Waals surface area contributed by atoms with Crippen LogP contribution in [0.15, 0.2) is 24.5 Å². The number of aromatic nitrogens is 1. The Bertz CT molecular complexity index is 268. The largest absolute Gasteiger partial charge is 0.265 e. The third-order valence-corrected chi connectivity index (χ3v) is 3.58. The monoisotopic (exact) mass is 233 g/mol. The van der Waals surface area contributed by atoms with Gasteiger partial charge in [-0.25, -0.2) is 0 Å². The molecule has 0 saturated heterocycles. The molecule has 17 heavy (non-hydrogen) atoms. The molecule has 96 valence electrons. The van der Waals surface area contributed by atoms with Crippen molar-refractivity contribution in [2.75, 3.05) is 0 Å². The molecule has 0 radical (unpaired) electrons. The molecule has 1 nitrogen and oxygen atoms in total. The fourth-order valence-corrected chi connectivity index (χ4v) is 2.41. The van der Waals surface area contributed by atoms with Crippen LogP contribution in [-0.4, -0.2) is 4.98 Å². The molecule has 1 heterocycles. The van der Waals surface area contributed by atoms with Crippen LogP contribution in [-0.2, 0) is 0 Å². The van der Waals surface area contributed by atoms with E-state index in [1.165, 1.54) is 56.9 Å². The lowest BCUT2D eigenvalue weighted by molar-refractivity contribution is 0.529. The summed E-state index contributed by atoms with van der Waals surface area (Å²) in [5.41, 5.74) is 1.47. The van der Waals surface area contributed by atoms with Gasteiger partial charge in [0.05, 0.1) is 0 Å². The first-order valence-electron chi connectivity index (χ1n) is 7.28. The predicted octanol–water partition coefficient (Wildman–Crippen LogP) is 5.33. The molecule has 0 aliphatic carbocycles. The van der Waals surface area contributed by atoms with E-state index in [-0.39, 0.29) is 0 Å². The van der Waals surface area contributed by atoms with E-state index in [4.69, 9.17) is 0 Å². The van der Waals surface area contributed by atoms with Crippen molar-refractivity contribution in [3.8, 4) is 0 Å². The summed E-state index contributed by atoms with van der Waals surface area (Å²) in [7, 11) is 0. The van der Waals surface area contributed by atoms with E-state index in [2.05, 4.69) is 31.0 Å². The Labute approximate surface area is 107 Å². The number of hydrogen-bond donors (Lipinski definition) is 0. The van der Waals surface area contributed by atoms with Crippen LogP contribution < -0.4 is 0 Å². The summed E-state index contributed by atoms with van der Waals surface area (Å²) in [4.78, 5) is 4.09. The predicted molar refractivity (Wildman–Crippen MR) is 75.3 cm³/mol. The van der Waals surface area contributed by atoms with E-state index in [1.54, 1.807) is 0 Å². The maximum atomic E-state index is 4.09. The SMILES string of the molecule is CCCCCCCCC(CC)c1ccncc1. The third kappa shape index (κ3) is 5.86. The van der Waals surface area contributed by atoms with Gasteiger partial charge in [-0.05, 0) is 36.5 Å². The second-order valence-electron chi connectivity index (χ2n) is 4.94. The van der Waals surface area contributed by atoms with Crippen molar-refractivity contribution in [2.24, 2.45) is 0 Å².